The molecule has 1 aliphatic rings. The molecule has 0 saturated carbocycles. The van der Waals surface area contributed by atoms with Gasteiger partial charge in [-0.2, -0.15) is 0 Å². The number of aromatic nitrogens is 3. The van der Waals surface area contributed by atoms with Gasteiger partial charge in [-0.15, -0.1) is 10.2 Å². The molecule has 1 saturated heterocycles. The summed E-state index contributed by atoms with van der Waals surface area (Å²) in [6, 6.07) is 5.72. The van der Waals surface area contributed by atoms with E-state index in [0.29, 0.717) is 6.54 Å². The van der Waals surface area contributed by atoms with E-state index in [1.54, 1.807) is 0 Å². The fraction of sp³-hybridized carbons (Fsp3) is 0.533. The third-order valence-electron chi connectivity index (χ3n) is 3.98. The van der Waals surface area contributed by atoms with Crippen molar-refractivity contribution in [1.82, 2.24) is 19.9 Å². The third-order valence-corrected chi connectivity index (χ3v) is 3.98. The van der Waals surface area contributed by atoms with E-state index in [0.717, 1.165) is 37.3 Å². The highest BCUT2D eigenvalue weighted by atomic mass is 16.5. The van der Waals surface area contributed by atoms with Crippen molar-refractivity contribution in [1.29, 1.82) is 0 Å². The summed E-state index contributed by atoms with van der Waals surface area (Å²) in [4.78, 5) is 12.4. The van der Waals surface area contributed by atoms with Gasteiger partial charge in [-0.1, -0.05) is 13.0 Å². The molecule has 1 fully saturated rings. The molecule has 2 aromatic rings. The second-order valence-electron chi connectivity index (χ2n) is 5.33. The lowest BCUT2D eigenvalue weighted by atomic mass is 9.92. The van der Waals surface area contributed by atoms with E-state index < -0.39 is 0 Å². The van der Waals surface area contributed by atoms with E-state index in [1.165, 1.54) is 0 Å². The van der Waals surface area contributed by atoms with Crippen LogP contribution >= 0.6 is 0 Å². The van der Waals surface area contributed by atoms with E-state index >= 15 is 0 Å². The van der Waals surface area contributed by atoms with Crippen LogP contribution < -0.4 is 5.32 Å². The van der Waals surface area contributed by atoms with Gasteiger partial charge in [0.1, 0.15) is 0 Å². The molecule has 0 unspecified atom stereocenters. The topological polar surface area (TPSA) is 68.5 Å². The van der Waals surface area contributed by atoms with Gasteiger partial charge in [0.15, 0.2) is 11.5 Å². The van der Waals surface area contributed by atoms with Crippen LogP contribution in [0.1, 0.15) is 32.0 Å². The number of fused-ring (bicyclic) bond motifs is 1. The zero-order valence-corrected chi connectivity index (χ0v) is 12.2. The van der Waals surface area contributed by atoms with Crippen LogP contribution in [0.3, 0.4) is 0 Å². The van der Waals surface area contributed by atoms with Crippen LogP contribution in [0.2, 0.25) is 0 Å². The molecule has 21 heavy (non-hydrogen) atoms. The Bertz CT molecular complexity index is 625. The Balaban J connectivity index is 1.65. The number of pyridine rings is 1. The van der Waals surface area contributed by atoms with Gasteiger partial charge in [0.2, 0.25) is 5.91 Å². The maximum absolute atomic E-state index is 12.4. The summed E-state index contributed by atoms with van der Waals surface area (Å²) in [6.07, 6.45) is 4.64. The third kappa shape index (κ3) is 2.90. The molecule has 0 aromatic carbocycles. The molecule has 0 bridgehead atoms. The number of hydrogen-bond acceptors (Lipinski definition) is 4. The first kappa shape index (κ1) is 14.0. The normalized spacial score (nSPS) is 22.3. The predicted molar refractivity (Wildman–Crippen MR) is 77.6 cm³/mol. The quantitative estimate of drug-likeness (QED) is 0.927. The van der Waals surface area contributed by atoms with Gasteiger partial charge in [-0.25, -0.2) is 0 Å². The highest BCUT2D eigenvalue weighted by Gasteiger charge is 2.30. The van der Waals surface area contributed by atoms with Crippen LogP contribution in [0.25, 0.3) is 5.65 Å². The Morgan fingerprint density at radius 3 is 3.24 bits per heavy atom. The van der Waals surface area contributed by atoms with Crippen LogP contribution in [0.4, 0.5) is 0 Å². The second-order valence-corrected chi connectivity index (χ2v) is 5.33. The lowest BCUT2D eigenvalue weighted by molar-refractivity contribution is -0.134. The molecular weight excluding hydrogens is 268 g/mol. The first-order valence-corrected chi connectivity index (χ1v) is 7.47. The smallest absolute Gasteiger partial charge is 0.226 e. The van der Waals surface area contributed by atoms with E-state index in [-0.39, 0.29) is 17.9 Å². The minimum absolute atomic E-state index is 0.0360. The first-order valence-electron chi connectivity index (χ1n) is 7.47. The lowest BCUT2D eigenvalue weighted by Crippen LogP contribution is -2.41. The Labute approximate surface area is 123 Å². The van der Waals surface area contributed by atoms with Crippen molar-refractivity contribution in [2.24, 2.45) is 5.92 Å². The van der Waals surface area contributed by atoms with Crippen molar-refractivity contribution >= 4 is 11.6 Å². The number of carbonyl (C=O) groups is 1. The molecule has 6 nitrogen and oxygen atoms in total. The van der Waals surface area contributed by atoms with Gasteiger partial charge in [0, 0.05) is 12.8 Å². The molecule has 2 atom stereocenters. The number of hydrogen-bond donors (Lipinski definition) is 1. The summed E-state index contributed by atoms with van der Waals surface area (Å²) >= 11 is 0. The van der Waals surface area contributed by atoms with Crippen LogP contribution in [0.15, 0.2) is 24.4 Å². The molecular formula is C15H20N4O2. The molecule has 2 aromatic heterocycles. The molecule has 112 valence electrons. The van der Waals surface area contributed by atoms with E-state index in [2.05, 4.69) is 22.4 Å². The predicted octanol–water partition coefficient (Wildman–Crippen LogP) is 1.55. The van der Waals surface area contributed by atoms with Gasteiger partial charge >= 0.3 is 0 Å². The van der Waals surface area contributed by atoms with Crippen molar-refractivity contribution in [3.8, 4) is 0 Å². The summed E-state index contributed by atoms with van der Waals surface area (Å²) in [5.41, 5.74) is 0.786. The number of carbonyl (C=O) groups excluding carboxylic acids is 1. The highest BCUT2D eigenvalue weighted by molar-refractivity contribution is 5.79. The van der Waals surface area contributed by atoms with Gasteiger partial charge in [0.05, 0.1) is 18.6 Å². The van der Waals surface area contributed by atoms with E-state index in [1.807, 2.05) is 28.8 Å². The highest BCUT2D eigenvalue weighted by Crippen LogP contribution is 2.23. The number of ether oxygens (including phenoxy) is 1. The molecule has 0 radical (unpaired) electrons. The summed E-state index contributed by atoms with van der Waals surface area (Å²) in [7, 11) is 0. The average molecular weight is 288 g/mol. The van der Waals surface area contributed by atoms with Gasteiger partial charge in [-0.05, 0) is 31.4 Å². The van der Waals surface area contributed by atoms with Crippen LogP contribution in [-0.4, -0.2) is 33.2 Å². The zero-order chi connectivity index (χ0) is 14.7. The molecule has 1 N–H and O–H groups in total. The summed E-state index contributed by atoms with van der Waals surface area (Å²) < 4.78 is 7.56. The molecule has 3 rings (SSSR count). The summed E-state index contributed by atoms with van der Waals surface area (Å²) in [5.74, 6) is 0.737. The second kappa shape index (κ2) is 6.22. The Morgan fingerprint density at radius 2 is 2.38 bits per heavy atom. The van der Waals surface area contributed by atoms with E-state index in [4.69, 9.17) is 4.74 Å². The number of nitrogens with zero attached hydrogens (tertiary/aromatic N) is 3. The fourth-order valence-electron chi connectivity index (χ4n) is 2.85. The molecule has 6 heteroatoms. The van der Waals surface area contributed by atoms with Gasteiger partial charge in [0.25, 0.3) is 0 Å². The monoisotopic (exact) mass is 288 g/mol. The first-order chi connectivity index (χ1) is 10.3. The molecule has 0 aliphatic carbocycles. The van der Waals surface area contributed by atoms with Crippen molar-refractivity contribution < 1.29 is 9.53 Å². The van der Waals surface area contributed by atoms with Crippen LogP contribution in [-0.2, 0) is 16.1 Å². The molecule has 3 heterocycles. The Morgan fingerprint density at radius 1 is 1.48 bits per heavy atom. The van der Waals surface area contributed by atoms with Crippen molar-refractivity contribution in [2.45, 2.75) is 38.8 Å². The number of nitrogens with one attached hydrogen (secondary N) is 1. The summed E-state index contributed by atoms with van der Waals surface area (Å²) in [5, 5.41) is 11.2. The fourth-order valence-corrected chi connectivity index (χ4v) is 2.85. The number of amides is 1. The lowest BCUT2D eigenvalue weighted by Gasteiger charge is -2.29. The molecule has 0 spiro atoms. The largest absolute Gasteiger partial charge is 0.377 e. The van der Waals surface area contributed by atoms with Crippen LogP contribution in [0, 0.1) is 5.92 Å². The van der Waals surface area contributed by atoms with Crippen molar-refractivity contribution in [3.63, 3.8) is 0 Å². The minimum atomic E-state index is -0.0528. The molecule has 1 aliphatic heterocycles. The molecule has 1 amide bonds. The maximum Gasteiger partial charge on any atom is 0.226 e. The van der Waals surface area contributed by atoms with Gasteiger partial charge in [-0.3, -0.25) is 9.20 Å². The summed E-state index contributed by atoms with van der Waals surface area (Å²) in [6.45, 7) is 3.20. The Kier molecular flexibility index (Phi) is 4.15. The van der Waals surface area contributed by atoms with Crippen LogP contribution in [0.5, 0.6) is 0 Å². The van der Waals surface area contributed by atoms with E-state index in [9.17, 15) is 4.79 Å². The SMILES string of the molecule is CC[C@H]1OCCC[C@@H]1C(=O)NCc1nnc2ccccn12. The number of rotatable bonds is 4. The van der Waals surface area contributed by atoms with Crippen molar-refractivity contribution in [3.05, 3.63) is 30.2 Å². The van der Waals surface area contributed by atoms with Crippen molar-refractivity contribution in [2.75, 3.05) is 6.61 Å². The average Bonchev–Trinajstić information content (AvgIpc) is 2.96. The van der Waals surface area contributed by atoms with Gasteiger partial charge < -0.3 is 10.1 Å². The minimum Gasteiger partial charge on any atom is -0.377 e. The maximum atomic E-state index is 12.4. The standard InChI is InChI=1S/C15H20N4O2/c1-2-12-11(6-5-9-21-12)15(20)16-10-14-18-17-13-7-3-4-8-19(13)14/h3-4,7-8,11-12H,2,5-6,9-10H2,1H3,(H,16,20)/t11-,12+/m0/s1. The zero-order valence-electron chi connectivity index (χ0n) is 12.2. The Hall–Kier alpha value is -1.95.